The van der Waals surface area contributed by atoms with E-state index in [1.54, 1.807) is 0 Å². The van der Waals surface area contributed by atoms with Gasteiger partial charge in [0.15, 0.2) is 11.3 Å². The molecule has 0 saturated carbocycles. The van der Waals surface area contributed by atoms with E-state index in [4.69, 9.17) is 16.0 Å². The van der Waals surface area contributed by atoms with Crippen molar-refractivity contribution in [3.8, 4) is 0 Å². The van der Waals surface area contributed by atoms with Crippen LogP contribution in [0.3, 0.4) is 0 Å². The van der Waals surface area contributed by atoms with Crippen molar-refractivity contribution in [1.82, 2.24) is 15.5 Å². The van der Waals surface area contributed by atoms with Crippen LogP contribution < -0.4 is 5.32 Å². The number of aryl methyl sites for hydroxylation is 4. The van der Waals surface area contributed by atoms with Crippen molar-refractivity contribution in [3.63, 3.8) is 0 Å². The van der Waals surface area contributed by atoms with Gasteiger partial charge in [-0.25, -0.2) is 0 Å². The largest absolute Gasteiger partial charge is 0.449 e. The molecular formula is C17H18ClN3O2. The van der Waals surface area contributed by atoms with Crippen LogP contribution in [-0.4, -0.2) is 16.1 Å². The number of amides is 1. The molecule has 0 saturated heterocycles. The second-order valence-corrected chi connectivity index (χ2v) is 6.18. The summed E-state index contributed by atoms with van der Waals surface area (Å²) in [5.41, 5.74) is 5.19. The molecule has 0 aliphatic heterocycles. The molecule has 2 aromatic heterocycles. The Morgan fingerprint density at radius 3 is 2.70 bits per heavy atom. The molecule has 2 heterocycles. The van der Waals surface area contributed by atoms with Gasteiger partial charge in [-0.1, -0.05) is 11.6 Å². The molecule has 3 rings (SSSR count). The van der Waals surface area contributed by atoms with Crippen molar-refractivity contribution < 1.29 is 9.21 Å². The number of hydrogen-bond acceptors (Lipinski definition) is 3. The van der Waals surface area contributed by atoms with Gasteiger partial charge in [-0.3, -0.25) is 9.89 Å². The van der Waals surface area contributed by atoms with Crippen LogP contribution in [0.5, 0.6) is 0 Å². The summed E-state index contributed by atoms with van der Waals surface area (Å²) < 4.78 is 5.71. The Balaban J connectivity index is 1.89. The number of carbonyl (C=O) groups excluding carboxylic acids is 1. The first-order valence-electron chi connectivity index (χ1n) is 7.36. The first-order chi connectivity index (χ1) is 10.9. The number of benzene rings is 1. The normalized spacial score (nSPS) is 11.2. The van der Waals surface area contributed by atoms with Crippen molar-refractivity contribution in [3.05, 3.63) is 51.0 Å². The molecule has 0 spiro atoms. The van der Waals surface area contributed by atoms with Gasteiger partial charge in [0, 0.05) is 28.8 Å². The van der Waals surface area contributed by atoms with Gasteiger partial charge in [-0.05, 0) is 45.4 Å². The first-order valence-corrected chi connectivity index (χ1v) is 7.74. The molecule has 0 aliphatic carbocycles. The Kier molecular flexibility index (Phi) is 3.90. The highest BCUT2D eigenvalue weighted by Crippen LogP contribution is 2.32. The minimum absolute atomic E-state index is 0.257. The number of carbonyl (C=O) groups is 1. The predicted molar refractivity (Wildman–Crippen MR) is 89.9 cm³/mol. The minimum Gasteiger partial charge on any atom is -0.449 e. The molecule has 3 aromatic rings. The molecular weight excluding hydrogens is 314 g/mol. The number of halogens is 1. The van der Waals surface area contributed by atoms with Crippen molar-refractivity contribution in [2.75, 3.05) is 0 Å². The number of hydrogen-bond donors (Lipinski definition) is 2. The van der Waals surface area contributed by atoms with Gasteiger partial charge in [-0.15, -0.1) is 0 Å². The number of rotatable bonds is 3. The average molecular weight is 332 g/mol. The summed E-state index contributed by atoms with van der Waals surface area (Å²) >= 11 is 6.21. The summed E-state index contributed by atoms with van der Waals surface area (Å²) in [4.78, 5) is 12.5. The highest BCUT2D eigenvalue weighted by Gasteiger charge is 2.20. The Hall–Kier alpha value is -2.27. The molecule has 0 radical (unpaired) electrons. The van der Waals surface area contributed by atoms with E-state index >= 15 is 0 Å². The number of furan rings is 1. The molecule has 1 aromatic carbocycles. The molecule has 2 N–H and O–H groups in total. The molecule has 0 fully saturated rings. The summed E-state index contributed by atoms with van der Waals surface area (Å²) in [7, 11) is 0. The lowest BCUT2D eigenvalue weighted by Gasteiger charge is -2.04. The van der Waals surface area contributed by atoms with E-state index in [2.05, 4.69) is 15.5 Å². The molecule has 0 unspecified atom stereocenters. The molecule has 0 atom stereocenters. The van der Waals surface area contributed by atoms with E-state index in [1.165, 1.54) is 0 Å². The van der Waals surface area contributed by atoms with Crippen molar-refractivity contribution in [1.29, 1.82) is 0 Å². The molecule has 5 nitrogen and oxygen atoms in total. The standard InChI is InChI=1S/C17H18ClN3O2/c1-8-5-12-9(2)15(23-16(12)14(18)6-8)17(22)19-7-13-10(3)20-21-11(13)4/h5-6H,7H2,1-4H3,(H,19,22)(H,20,21). The number of fused-ring (bicyclic) bond motifs is 1. The third kappa shape index (κ3) is 2.72. The predicted octanol–water partition coefficient (Wildman–Crippen LogP) is 3.97. The van der Waals surface area contributed by atoms with Crippen molar-refractivity contribution in [2.45, 2.75) is 34.2 Å². The number of H-pyrrole nitrogens is 1. The monoisotopic (exact) mass is 331 g/mol. The highest BCUT2D eigenvalue weighted by molar-refractivity contribution is 6.35. The van der Waals surface area contributed by atoms with Crippen molar-refractivity contribution in [2.24, 2.45) is 0 Å². The lowest BCUT2D eigenvalue weighted by atomic mass is 10.1. The molecule has 1 amide bonds. The fourth-order valence-corrected chi connectivity index (χ4v) is 3.02. The van der Waals surface area contributed by atoms with Crippen LogP contribution in [0.2, 0.25) is 5.02 Å². The zero-order chi connectivity index (χ0) is 16.7. The smallest absolute Gasteiger partial charge is 0.287 e. The maximum absolute atomic E-state index is 12.5. The lowest BCUT2D eigenvalue weighted by molar-refractivity contribution is 0.0924. The average Bonchev–Trinajstić information content (AvgIpc) is 2.98. The fourth-order valence-electron chi connectivity index (χ4n) is 2.71. The number of nitrogens with zero attached hydrogens (tertiary/aromatic N) is 1. The van der Waals surface area contributed by atoms with Gasteiger partial charge < -0.3 is 9.73 Å². The molecule has 23 heavy (non-hydrogen) atoms. The fraction of sp³-hybridized carbons (Fsp3) is 0.294. The van der Waals surface area contributed by atoms with Gasteiger partial charge in [-0.2, -0.15) is 5.10 Å². The van der Waals surface area contributed by atoms with Crippen LogP contribution in [0.1, 0.15) is 38.6 Å². The van der Waals surface area contributed by atoms with Gasteiger partial charge in [0.1, 0.15) is 0 Å². The minimum atomic E-state index is -0.257. The second kappa shape index (κ2) is 5.74. The van der Waals surface area contributed by atoms with Gasteiger partial charge in [0.05, 0.1) is 10.7 Å². The van der Waals surface area contributed by atoms with E-state index in [0.717, 1.165) is 33.5 Å². The Bertz CT molecular complexity index is 889. The summed E-state index contributed by atoms with van der Waals surface area (Å²) in [5, 5.41) is 11.3. The van der Waals surface area contributed by atoms with E-state index in [-0.39, 0.29) is 5.91 Å². The Morgan fingerprint density at radius 1 is 1.30 bits per heavy atom. The molecule has 6 heteroatoms. The van der Waals surface area contributed by atoms with E-state index in [1.807, 2.05) is 39.8 Å². The Morgan fingerprint density at radius 2 is 2.04 bits per heavy atom. The number of aromatic nitrogens is 2. The zero-order valence-electron chi connectivity index (χ0n) is 13.5. The first kappa shape index (κ1) is 15.6. The third-order valence-corrected chi connectivity index (χ3v) is 4.33. The van der Waals surface area contributed by atoms with Gasteiger partial charge in [0.25, 0.3) is 5.91 Å². The maximum atomic E-state index is 12.5. The highest BCUT2D eigenvalue weighted by atomic mass is 35.5. The summed E-state index contributed by atoms with van der Waals surface area (Å²) in [6, 6.07) is 3.80. The summed E-state index contributed by atoms with van der Waals surface area (Å²) in [6.45, 7) is 8.06. The van der Waals surface area contributed by atoms with Crippen LogP contribution in [0, 0.1) is 27.7 Å². The van der Waals surface area contributed by atoms with Crippen LogP contribution in [0.15, 0.2) is 16.5 Å². The molecule has 0 bridgehead atoms. The SMILES string of the molecule is Cc1cc(Cl)c2oc(C(=O)NCc3c(C)n[nH]c3C)c(C)c2c1. The zero-order valence-corrected chi connectivity index (χ0v) is 14.3. The van der Waals surface area contributed by atoms with Crippen LogP contribution in [0.4, 0.5) is 0 Å². The quantitative estimate of drug-likeness (QED) is 0.762. The number of nitrogens with one attached hydrogen (secondary N) is 2. The van der Waals surface area contributed by atoms with Gasteiger partial charge >= 0.3 is 0 Å². The van der Waals surface area contributed by atoms with Gasteiger partial charge in [0.2, 0.25) is 0 Å². The van der Waals surface area contributed by atoms with E-state index in [0.29, 0.717) is 22.9 Å². The summed E-state index contributed by atoms with van der Waals surface area (Å²) in [6.07, 6.45) is 0. The van der Waals surface area contributed by atoms with Crippen molar-refractivity contribution >= 4 is 28.5 Å². The number of aromatic amines is 1. The summed E-state index contributed by atoms with van der Waals surface area (Å²) in [5.74, 6) is 0.0405. The lowest BCUT2D eigenvalue weighted by Crippen LogP contribution is -2.23. The third-order valence-electron chi connectivity index (χ3n) is 4.05. The Labute approximate surface area is 139 Å². The second-order valence-electron chi connectivity index (χ2n) is 5.77. The van der Waals surface area contributed by atoms with Crippen LogP contribution in [-0.2, 0) is 6.54 Å². The molecule has 120 valence electrons. The van der Waals surface area contributed by atoms with E-state index in [9.17, 15) is 4.79 Å². The topological polar surface area (TPSA) is 70.9 Å². The maximum Gasteiger partial charge on any atom is 0.287 e. The van der Waals surface area contributed by atoms with Crippen LogP contribution in [0.25, 0.3) is 11.0 Å². The van der Waals surface area contributed by atoms with E-state index < -0.39 is 0 Å². The molecule has 0 aliphatic rings. The van der Waals surface area contributed by atoms with Crippen LogP contribution >= 0.6 is 11.6 Å².